The number of hydrogen-bond acceptors (Lipinski definition) is 8. The Morgan fingerprint density at radius 1 is 1.41 bits per heavy atom. The van der Waals surface area contributed by atoms with E-state index in [1.807, 2.05) is 23.8 Å². The third-order valence-electron chi connectivity index (χ3n) is 2.86. The fourth-order valence-electron chi connectivity index (χ4n) is 1.80. The van der Waals surface area contributed by atoms with Crippen molar-refractivity contribution >= 4 is 28.6 Å². The van der Waals surface area contributed by atoms with Gasteiger partial charge in [0.05, 0.1) is 0 Å². The third-order valence-corrected chi connectivity index (χ3v) is 4.43. The molecular weight excluding hydrogens is 322 g/mol. The number of nitrogens with zero attached hydrogens (tertiary/aromatic N) is 5. The van der Waals surface area contributed by atoms with Crippen molar-refractivity contribution in [1.29, 1.82) is 0 Å². The number of rotatable bonds is 6. The molecule has 9 heteroatoms. The summed E-state index contributed by atoms with van der Waals surface area (Å²) in [6.45, 7) is 2.76. The maximum atomic E-state index is 12.0. The van der Waals surface area contributed by atoms with Crippen LogP contribution in [0.25, 0.3) is 10.6 Å². The van der Waals surface area contributed by atoms with Crippen LogP contribution < -0.4 is 0 Å². The van der Waals surface area contributed by atoms with E-state index in [1.54, 1.807) is 21.4 Å². The van der Waals surface area contributed by atoms with Crippen molar-refractivity contribution in [3.05, 3.63) is 33.7 Å². The predicted octanol–water partition coefficient (Wildman–Crippen LogP) is 2.63. The predicted molar refractivity (Wildman–Crippen MR) is 82.7 cm³/mol. The molecule has 0 atom stereocenters. The number of hydrogen-bond donors (Lipinski definition) is 0. The molecule has 114 valence electrons. The smallest absolute Gasteiger partial charge is 0.358 e. The van der Waals surface area contributed by atoms with Crippen molar-refractivity contribution in [2.75, 3.05) is 0 Å². The molecule has 0 aliphatic heterocycles. The van der Waals surface area contributed by atoms with Gasteiger partial charge in [0.25, 0.3) is 0 Å². The first-order valence-electron chi connectivity index (χ1n) is 6.68. The molecule has 3 heterocycles. The second kappa shape index (κ2) is 6.75. The third kappa shape index (κ3) is 3.20. The molecule has 0 amide bonds. The van der Waals surface area contributed by atoms with Crippen molar-refractivity contribution < 1.29 is 9.53 Å². The summed E-state index contributed by atoms with van der Waals surface area (Å²) < 4.78 is 6.86. The van der Waals surface area contributed by atoms with Crippen LogP contribution in [0.1, 0.15) is 29.7 Å². The SMILES string of the molecule is CCCn1nnnc1COC(=O)c1csc(-c2ccsc2)n1. The van der Waals surface area contributed by atoms with Gasteiger partial charge in [-0.3, -0.25) is 0 Å². The number of aryl methyl sites for hydroxylation is 1. The lowest BCUT2D eigenvalue weighted by atomic mass is 10.3. The van der Waals surface area contributed by atoms with Gasteiger partial charge in [-0.25, -0.2) is 14.5 Å². The fourth-order valence-corrected chi connectivity index (χ4v) is 3.30. The molecule has 0 aliphatic carbocycles. The van der Waals surface area contributed by atoms with Gasteiger partial charge in [-0.05, 0) is 28.3 Å². The Hall–Kier alpha value is -2.13. The average molecular weight is 335 g/mol. The first kappa shape index (κ1) is 14.8. The first-order valence-corrected chi connectivity index (χ1v) is 8.50. The normalized spacial score (nSPS) is 10.8. The molecule has 0 radical (unpaired) electrons. The number of aromatic nitrogens is 5. The van der Waals surface area contributed by atoms with Gasteiger partial charge in [-0.15, -0.1) is 16.4 Å². The van der Waals surface area contributed by atoms with E-state index in [9.17, 15) is 4.79 Å². The molecule has 22 heavy (non-hydrogen) atoms. The van der Waals surface area contributed by atoms with Crippen LogP contribution in [-0.2, 0) is 17.9 Å². The van der Waals surface area contributed by atoms with E-state index >= 15 is 0 Å². The van der Waals surface area contributed by atoms with E-state index in [0.717, 1.165) is 17.0 Å². The lowest BCUT2D eigenvalue weighted by Gasteiger charge is -2.03. The maximum Gasteiger partial charge on any atom is 0.358 e. The van der Waals surface area contributed by atoms with Gasteiger partial charge < -0.3 is 4.74 Å². The van der Waals surface area contributed by atoms with Crippen LogP contribution in [0.15, 0.2) is 22.2 Å². The minimum Gasteiger partial charge on any atom is -0.453 e. The molecule has 0 saturated carbocycles. The number of thiophene rings is 1. The second-order valence-electron chi connectivity index (χ2n) is 4.44. The van der Waals surface area contributed by atoms with Crippen molar-refractivity contribution in [2.24, 2.45) is 0 Å². The largest absolute Gasteiger partial charge is 0.453 e. The van der Waals surface area contributed by atoms with Crippen molar-refractivity contribution in [3.63, 3.8) is 0 Å². The summed E-state index contributed by atoms with van der Waals surface area (Å²) in [6.07, 6.45) is 0.905. The molecule has 0 N–H and O–H groups in total. The summed E-state index contributed by atoms with van der Waals surface area (Å²) in [7, 11) is 0. The summed E-state index contributed by atoms with van der Waals surface area (Å²) in [5, 5.41) is 17.8. The van der Waals surface area contributed by atoms with Gasteiger partial charge in [0, 0.05) is 22.9 Å². The van der Waals surface area contributed by atoms with Crippen molar-refractivity contribution in [1.82, 2.24) is 25.2 Å². The Morgan fingerprint density at radius 2 is 2.32 bits per heavy atom. The summed E-state index contributed by atoms with van der Waals surface area (Å²) in [6, 6.07) is 1.97. The number of thiazole rings is 1. The Morgan fingerprint density at radius 3 is 3.09 bits per heavy atom. The number of esters is 1. The standard InChI is InChI=1S/C13H13N5O2S2/c1-2-4-18-11(15-16-17-18)6-20-13(19)10-8-22-12(14-10)9-3-5-21-7-9/h3,5,7-8H,2,4,6H2,1H3. The monoisotopic (exact) mass is 335 g/mol. The second-order valence-corrected chi connectivity index (χ2v) is 6.08. The van der Waals surface area contributed by atoms with Crippen LogP contribution in [0.4, 0.5) is 0 Å². The van der Waals surface area contributed by atoms with Gasteiger partial charge >= 0.3 is 5.97 Å². The first-order chi connectivity index (χ1) is 10.8. The summed E-state index contributed by atoms with van der Waals surface area (Å²) in [5.41, 5.74) is 1.32. The van der Waals surface area contributed by atoms with E-state index in [4.69, 9.17) is 4.74 Å². The molecule has 0 unspecified atom stereocenters. The van der Waals surface area contributed by atoms with Gasteiger partial charge in [-0.2, -0.15) is 11.3 Å². The Kier molecular flexibility index (Phi) is 4.54. The van der Waals surface area contributed by atoms with Crippen molar-refractivity contribution in [2.45, 2.75) is 26.5 Å². The van der Waals surface area contributed by atoms with Crippen LogP contribution in [-0.4, -0.2) is 31.2 Å². The molecule has 7 nitrogen and oxygen atoms in total. The molecular formula is C13H13N5O2S2. The van der Waals surface area contributed by atoms with E-state index < -0.39 is 5.97 Å². The maximum absolute atomic E-state index is 12.0. The zero-order chi connectivity index (χ0) is 15.4. The average Bonchev–Trinajstić information content (AvgIpc) is 3.25. The lowest BCUT2D eigenvalue weighted by Crippen LogP contribution is -2.11. The van der Waals surface area contributed by atoms with E-state index in [0.29, 0.717) is 18.1 Å². The molecule has 0 aromatic carbocycles. The van der Waals surface area contributed by atoms with Gasteiger partial charge in [0.15, 0.2) is 18.1 Å². The Bertz CT molecular complexity index is 750. The zero-order valence-corrected chi connectivity index (χ0v) is 13.4. The van der Waals surface area contributed by atoms with Crippen molar-refractivity contribution in [3.8, 4) is 10.6 Å². The molecule has 0 spiro atoms. The lowest BCUT2D eigenvalue weighted by molar-refractivity contribution is 0.0450. The fraction of sp³-hybridized carbons (Fsp3) is 0.308. The number of tetrazole rings is 1. The van der Waals surface area contributed by atoms with Crippen LogP contribution in [0.3, 0.4) is 0 Å². The highest BCUT2D eigenvalue weighted by Crippen LogP contribution is 2.25. The minimum absolute atomic E-state index is 0.0388. The summed E-state index contributed by atoms with van der Waals surface area (Å²) in [5.74, 6) is 0.0623. The highest BCUT2D eigenvalue weighted by Gasteiger charge is 2.15. The molecule has 0 aliphatic rings. The molecule has 3 rings (SSSR count). The van der Waals surface area contributed by atoms with Gasteiger partial charge in [0.1, 0.15) is 5.01 Å². The van der Waals surface area contributed by atoms with E-state index in [-0.39, 0.29) is 6.61 Å². The highest BCUT2D eigenvalue weighted by atomic mass is 32.1. The topological polar surface area (TPSA) is 82.8 Å². The number of carbonyl (C=O) groups is 1. The Balaban J connectivity index is 1.64. The van der Waals surface area contributed by atoms with E-state index in [2.05, 4.69) is 20.5 Å². The zero-order valence-electron chi connectivity index (χ0n) is 11.8. The van der Waals surface area contributed by atoms with Gasteiger partial charge in [-0.1, -0.05) is 6.92 Å². The number of ether oxygens (including phenoxy) is 1. The van der Waals surface area contributed by atoms with Crippen LogP contribution in [0.2, 0.25) is 0 Å². The molecule has 0 saturated heterocycles. The van der Waals surface area contributed by atoms with Crippen LogP contribution in [0, 0.1) is 0 Å². The van der Waals surface area contributed by atoms with E-state index in [1.165, 1.54) is 11.3 Å². The minimum atomic E-state index is -0.469. The van der Waals surface area contributed by atoms with Crippen LogP contribution in [0.5, 0.6) is 0 Å². The van der Waals surface area contributed by atoms with Crippen LogP contribution >= 0.6 is 22.7 Å². The molecule has 3 aromatic rings. The quantitative estimate of drug-likeness (QED) is 0.644. The molecule has 0 bridgehead atoms. The number of carbonyl (C=O) groups excluding carboxylic acids is 1. The highest BCUT2D eigenvalue weighted by molar-refractivity contribution is 7.14. The molecule has 3 aromatic heterocycles. The Labute approximate surface area is 134 Å². The van der Waals surface area contributed by atoms with Gasteiger partial charge in [0.2, 0.25) is 0 Å². The molecule has 0 fully saturated rings. The summed E-state index contributed by atoms with van der Waals surface area (Å²) >= 11 is 3.01. The summed E-state index contributed by atoms with van der Waals surface area (Å²) in [4.78, 5) is 16.3.